The summed E-state index contributed by atoms with van der Waals surface area (Å²) in [5, 5.41) is 2.91. The highest BCUT2D eigenvalue weighted by atomic mass is 16.5. The Hall–Kier alpha value is -2.08. The molecule has 0 bridgehead atoms. The number of carbonyl (C=O) groups is 2. The summed E-state index contributed by atoms with van der Waals surface area (Å²) in [6.07, 6.45) is 6.66. The van der Waals surface area contributed by atoms with Gasteiger partial charge in [0.25, 0.3) is 0 Å². The van der Waals surface area contributed by atoms with Crippen molar-refractivity contribution in [2.75, 3.05) is 38.6 Å². The summed E-state index contributed by atoms with van der Waals surface area (Å²) >= 11 is 0. The van der Waals surface area contributed by atoms with Crippen molar-refractivity contribution in [1.82, 2.24) is 9.80 Å². The van der Waals surface area contributed by atoms with E-state index in [4.69, 9.17) is 0 Å². The smallest absolute Gasteiger partial charge is 0.337 e. The Morgan fingerprint density at radius 2 is 1.64 bits per heavy atom. The second kappa shape index (κ2) is 8.34. The second-order valence-electron chi connectivity index (χ2n) is 6.81. The van der Waals surface area contributed by atoms with E-state index in [9.17, 15) is 9.59 Å². The number of benzene rings is 1. The maximum atomic E-state index is 12.4. The molecular formula is C19H27N3O3. The Morgan fingerprint density at radius 3 is 2.24 bits per heavy atom. The van der Waals surface area contributed by atoms with Gasteiger partial charge in [0, 0.05) is 37.9 Å². The van der Waals surface area contributed by atoms with E-state index in [1.807, 2.05) is 4.90 Å². The molecule has 1 heterocycles. The van der Waals surface area contributed by atoms with Gasteiger partial charge >= 0.3 is 12.0 Å². The number of esters is 1. The summed E-state index contributed by atoms with van der Waals surface area (Å²) in [5.74, 6) is -0.378. The number of amides is 2. The molecule has 2 aliphatic rings. The average molecular weight is 345 g/mol. The van der Waals surface area contributed by atoms with Crippen LogP contribution in [-0.2, 0) is 4.74 Å². The van der Waals surface area contributed by atoms with Crippen molar-refractivity contribution in [1.29, 1.82) is 0 Å². The first-order valence-electron chi connectivity index (χ1n) is 9.16. The van der Waals surface area contributed by atoms with E-state index in [2.05, 4.69) is 15.0 Å². The van der Waals surface area contributed by atoms with E-state index >= 15 is 0 Å². The molecule has 0 atom stereocenters. The number of hydrogen-bond donors (Lipinski definition) is 1. The SMILES string of the molecule is COC(=O)c1ccc(NC(=O)N2CCN(C3CCCCC3)CC2)cc1. The van der Waals surface area contributed by atoms with E-state index < -0.39 is 0 Å². The molecule has 25 heavy (non-hydrogen) atoms. The van der Waals surface area contributed by atoms with Gasteiger partial charge in [0.1, 0.15) is 0 Å². The van der Waals surface area contributed by atoms with Crippen LogP contribution in [0.15, 0.2) is 24.3 Å². The van der Waals surface area contributed by atoms with Gasteiger partial charge in [-0.05, 0) is 37.1 Å². The van der Waals surface area contributed by atoms with Crippen LogP contribution in [0.5, 0.6) is 0 Å². The van der Waals surface area contributed by atoms with Crippen LogP contribution in [0.4, 0.5) is 10.5 Å². The topological polar surface area (TPSA) is 61.9 Å². The van der Waals surface area contributed by atoms with E-state index in [0.717, 1.165) is 26.2 Å². The first kappa shape index (κ1) is 17.7. The molecule has 0 spiro atoms. The number of nitrogens with one attached hydrogen (secondary N) is 1. The van der Waals surface area contributed by atoms with Gasteiger partial charge in [0.15, 0.2) is 0 Å². The second-order valence-corrected chi connectivity index (χ2v) is 6.81. The fraction of sp³-hybridized carbons (Fsp3) is 0.579. The lowest BCUT2D eigenvalue weighted by atomic mass is 9.94. The highest BCUT2D eigenvalue weighted by molar-refractivity contribution is 5.92. The molecule has 1 aromatic rings. The number of anilines is 1. The summed E-state index contributed by atoms with van der Waals surface area (Å²) in [6, 6.07) is 7.40. The summed E-state index contributed by atoms with van der Waals surface area (Å²) in [7, 11) is 1.35. The molecule has 1 aliphatic heterocycles. The van der Waals surface area contributed by atoms with Crippen molar-refractivity contribution in [2.24, 2.45) is 0 Å². The predicted octanol–water partition coefficient (Wildman–Crippen LogP) is 2.96. The fourth-order valence-corrected chi connectivity index (χ4v) is 3.75. The number of carbonyl (C=O) groups excluding carboxylic acids is 2. The van der Waals surface area contributed by atoms with Crippen LogP contribution < -0.4 is 5.32 Å². The summed E-state index contributed by atoms with van der Waals surface area (Å²) in [6.45, 7) is 3.45. The van der Waals surface area contributed by atoms with Crippen molar-refractivity contribution >= 4 is 17.7 Å². The van der Waals surface area contributed by atoms with Gasteiger partial charge in [0.05, 0.1) is 12.7 Å². The summed E-state index contributed by atoms with van der Waals surface area (Å²) in [4.78, 5) is 28.3. The largest absolute Gasteiger partial charge is 0.465 e. The molecular weight excluding hydrogens is 318 g/mol. The number of rotatable bonds is 3. The standard InChI is InChI=1S/C19H27N3O3/c1-25-18(23)15-7-9-16(10-8-15)20-19(24)22-13-11-21(12-14-22)17-5-3-2-4-6-17/h7-10,17H,2-6,11-14H2,1H3,(H,20,24). The third-order valence-electron chi connectivity index (χ3n) is 5.25. The molecule has 1 N–H and O–H groups in total. The molecule has 1 saturated heterocycles. The number of methoxy groups -OCH3 is 1. The van der Waals surface area contributed by atoms with Crippen molar-refractivity contribution in [3.8, 4) is 0 Å². The Balaban J connectivity index is 1.48. The molecule has 3 rings (SSSR count). The fourth-order valence-electron chi connectivity index (χ4n) is 3.75. The van der Waals surface area contributed by atoms with Crippen LogP contribution in [0.25, 0.3) is 0 Å². The van der Waals surface area contributed by atoms with Crippen molar-refractivity contribution in [2.45, 2.75) is 38.1 Å². The van der Waals surface area contributed by atoms with Gasteiger partial charge < -0.3 is 15.0 Å². The zero-order valence-corrected chi connectivity index (χ0v) is 14.9. The summed E-state index contributed by atoms with van der Waals surface area (Å²) in [5.41, 5.74) is 1.16. The highest BCUT2D eigenvalue weighted by Gasteiger charge is 2.27. The minimum absolute atomic E-state index is 0.0749. The van der Waals surface area contributed by atoms with Crippen LogP contribution in [0.1, 0.15) is 42.5 Å². The van der Waals surface area contributed by atoms with E-state index in [1.54, 1.807) is 24.3 Å². The molecule has 1 aliphatic carbocycles. The predicted molar refractivity (Wildman–Crippen MR) is 96.8 cm³/mol. The lowest BCUT2D eigenvalue weighted by molar-refractivity contribution is 0.0600. The molecule has 1 saturated carbocycles. The van der Waals surface area contributed by atoms with Gasteiger partial charge in [-0.2, -0.15) is 0 Å². The third kappa shape index (κ3) is 4.51. The van der Waals surface area contributed by atoms with Gasteiger partial charge in [0.2, 0.25) is 0 Å². The Bertz CT molecular complexity index is 588. The zero-order chi connectivity index (χ0) is 17.6. The minimum Gasteiger partial charge on any atom is -0.465 e. The Kier molecular flexibility index (Phi) is 5.91. The molecule has 1 aromatic carbocycles. The Morgan fingerprint density at radius 1 is 1.00 bits per heavy atom. The van der Waals surface area contributed by atoms with Gasteiger partial charge in [-0.15, -0.1) is 0 Å². The van der Waals surface area contributed by atoms with Crippen molar-refractivity contribution in [3.05, 3.63) is 29.8 Å². The number of hydrogen-bond acceptors (Lipinski definition) is 4. The van der Waals surface area contributed by atoms with Gasteiger partial charge in [-0.3, -0.25) is 4.90 Å². The molecule has 2 fully saturated rings. The third-order valence-corrected chi connectivity index (χ3v) is 5.25. The van der Waals surface area contributed by atoms with E-state index in [1.165, 1.54) is 39.2 Å². The number of urea groups is 1. The molecule has 136 valence electrons. The van der Waals surface area contributed by atoms with Crippen LogP contribution in [0.3, 0.4) is 0 Å². The van der Waals surface area contributed by atoms with Crippen LogP contribution >= 0.6 is 0 Å². The van der Waals surface area contributed by atoms with Gasteiger partial charge in [-0.25, -0.2) is 9.59 Å². The average Bonchev–Trinajstić information content (AvgIpc) is 2.68. The zero-order valence-electron chi connectivity index (χ0n) is 14.9. The van der Waals surface area contributed by atoms with E-state index in [-0.39, 0.29) is 12.0 Å². The monoisotopic (exact) mass is 345 g/mol. The maximum Gasteiger partial charge on any atom is 0.337 e. The maximum absolute atomic E-state index is 12.4. The molecule has 0 aromatic heterocycles. The molecule has 6 heteroatoms. The minimum atomic E-state index is -0.378. The molecule has 6 nitrogen and oxygen atoms in total. The number of piperazine rings is 1. The first-order chi connectivity index (χ1) is 12.2. The quantitative estimate of drug-likeness (QED) is 0.856. The van der Waals surface area contributed by atoms with Crippen LogP contribution in [-0.4, -0.2) is 61.1 Å². The lowest BCUT2D eigenvalue weighted by Crippen LogP contribution is -2.53. The Labute approximate surface area is 149 Å². The number of ether oxygens (including phenoxy) is 1. The van der Waals surface area contributed by atoms with Crippen molar-refractivity contribution in [3.63, 3.8) is 0 Å². The lowest BCUT2D eigenvalue weighted by Gasteiger charge is -2.40. The first-order valence-corrected chi connectivity index (χ1v) is 9.16. The summed E-state index contributed by atoms with van der Waals surface area (Å²) < 4.78 is 4.67. The number of nitrogens with zero attached hydrogens (tertiary/aromatic N) is 2. The highest BCUT2D eigenvalue weighted by Crippen LogP contribution is 2.23. The molecule has 0 radical (unpaired) electrons. The van der Waals surface area contributed by atoms with Crippen LogP contribution in [0.2, 0.25) is 0 Å². The normalized spacial score (nSPS) is 19.5. The molecule has 0 unspecified atom stereocenters. The van der Waals surface area contributed by atoms with Crippen LogP contribution in [0, 0.1) is 0 Å². The van der Waals surface area contributed by atoms with Gasteiger partial charge in [-0.1, -0.05) is 19.3 Å². The van der Waals surface area contributed by atoms with Crippen molar-refractivity contribution < 1.29 is 14.3 Å². The van der Waals surface area contributed by atoms with E-state index in [0.29, 0.717) is 17.3 Å². The molecule has 2 amide bonds.